The van der Waals surface area contributed by atoms with Gasteiger partial charge in [0.2, 0.25) is 5.95 Å². The van der Waals surface area contributed by atoms with Gasteiger partial charge in [0.15, 0.2) is 0 Å². The van der Waals surface area contributed by atoms with Crippen molar-refractivity contribution in [3.8, 4) is 0 Å². The summed E-state index contributed by atoms with van der Waals surface area (Å²) in [4.78, 5) is 8.75. The summed E-state index contributed by atoms with van der Waals surface area (Å²) in [6.45, 7) is 3.25. The second-order valence-corrected chi connectivity index (χ2v) is 4.71. The predicted octanol–water partition coefficient (Wildman–Crippen LogP) is 3.24. The molecular weight excluding hydrogens is 276 g/mol. The summed E-state index contributed by atoms with van der Waals surface area (Å²) < 4.78 is 5.00. The standard InChI is InChI=1S/C14H17ClN4O/c1-10-8-13(16-6-7-20-2)19-14(17-10)18-12-5-3-4-11(15)9-12/h3-5,8-9H,6-7H2,1-2H3,(H2,16,17,18,19). The van der Waals surface area contributed by atoms with Gasteiger partial charge in [-0.15, -0.1) is 0 Å². The molecule has 0 aliphatic carbocycles. The number of methoxy groups -OCH3 is 1. The number of ether oxygens (including phenoxy) is 1. The van der Waals surface area contributed by atoms with Gasteiger partial charge in [-0.1, -0.05) is 17.7 Å². The van der Waals surface area contributed by atoms with Crippen LogP contribution in [0.4, 0.5) is 17.5 Å². The van der Waals surface area contributed by atoms with Gasteiger partial charge in [0, 0.05) is 36.1 Å². The molecule has 0 aliphatic heterocycles. The van der Waals surface area contributed by atoms with Gasteiger partial charge in [-0.05, 0) is 25.1 Å². The molecule has 0 saturated carbocycles. The average Bonchev–Trinajstić information content (AvgIpc) is 2.38. The first kappa shape index (κ1) is 14.6. The van der Waals surface area contributed by atoms with Crippen molar-refractivity contribution in [2.75, 3.05) is 30.9 Å². The van der Waals surface area contributed by atoms with Crippen LogP contribution in [0.3, 0.4) is 0 Å². The number of aryl methyl sites for hydroxylation is 1. The van der Waals surface area contributed by atoms with Gasteiger partial charge >= 0.3 is 0 Å². The van der Waals surface area contributed by atoms with Crippen molar-refractivity contribution in [2.24, 2.45) is 0 Å². The molecule has 20 heavy (non-hydrogen) atoms. The highest BCUT2D eigenvalue weighted by Gasteiger charge is 2.03. The number of benzene rings is 1. The van der Waals surface area contributed by atoms with Crippen molar-refractivity contribution in [1.82, 2.24) is 9.97 Å². The molecule has 2 aromatic rings. The minimum absolute atomic E-state index is 0.534. The third kappa shape index (κ3) is 4.36. The SMILES string of the molecule is COCCNc1cc(C)nc(Nc2cccc(Cl)c2)n1. The summed E-state index contributed by atoms with van der Waals surface area (Å²) in [5.74, 6) is 1.30. The molecule has 6 heteroatoms. The summed E-state index contributed by atoms with van der Waals surface area (Å²) in [5.41, 5.74) is 1.73. The van der Waals surface area contributed by atoms with Crippen molar-refractivity contribution < 1.29 is 4.74 Å². The van der Waals surface area contributed by atoms with Crippen LogP contribution < -0.4 is 10.6 Å². The van der Waals surface area contributed by atoms with E-state index >= 15 is 0 Å². The van der Waals surface area contributed by atoms with Crippen LogP contribution >= 0.6 is 11.6 Å². The summed E-state index contributed by atoms with van der Waals surface area (Å²) in [5, 5.41) is 6.99. The first-order chi connectivity index (χ1) is 9.67. The van der Waals surface area contributed by atoms with Crippen LogP contribution in [0.25, 0.3) is 0 Å². The lowest BCUT2D eigenvalue weighted by molar-refractivity contribution is 0.210. The fourth-order valence-corrected chi connectivity index (χ4v) is 1.88. The van der Waals surface area contributed by atoms with Crippen molar-refractivity contribution in [1.29, 1.82) is 0 Å². The molecule has 1 heterocycles. The van der Waals surface area contributed by atoms with Crippen LogP contribution in [0.2, 0.25) is 5.02 Å². The minimum atomic E-state index is 0.534. The van der Waals surface area contributed by atoms with E-state index in [4.69, 9.17) is 16.3 Å². The highest BCUT2D eigenvalue weighted by atomic mass is 35.5. The van der Waals surface area contributed by atoms with Crippen molar-refractivity contribution >= 4 is 29.1 Å². The number of nitrogens with one attached hydrogen (secondary N) is 2. The molecule has 0 bridgehead atoms. The van der Waals surface area contributed by atoms with Gasteiger partial charge in [0.1, 0.15) is 5.82 Å². The molecule has 0 spiro atoms. The number of hydrogen-bond donors (Lipinski definition) is 2. The number of rotatable bonds is 6. The molecule has 0 radical (unpaired) electrons. The number of anilines is 3. The number of hydrogen-bond acceptors (Lipinski definition) is 5. The van der Waals surface area contributed by atoms with Crippen LogP contribution in [0.1, 0.15) is 5.69 Å². The van der Waals surface area contributed by atoms with Gasteiger partial charge in [-0.25, -0.2) is 4.98 Å². The number of aromatic nitrogens is 2. The Hall–Kier alpha value is -1.85. The molecule has 2 N–H and O–H groups in total. The molecule has 1 aromatic carbocycles. The van der Waals surface area contributed by atoms with E-state index in [9.17, 15) is 0 Å². The Morgan fingerprint density at radius 1 is 1.25 bits per heavy atom. The van der Waals surface area contributed by atoms with E-state index in [0.717, 1.165) is 17.2 Å². The van der Waals surface area contributed by atoms with Crippen molar-refractivity contribution in [2.45, 2.75) is 6.92 Å². The summed E-state index contributed by atoms with van der Waals surface area (Å²) in [7, 11) is 1.67. The van der Waals surface area contributed by atoms with Crippen LogP contribution in [0.5, 0.6) is 0 Å². The maximum atomic E-state index is 5.95. The van der Waals surface area contributed by atoms with Crippen LogP contribution in [0.15, 0.2) is 30.3 Å². The van der Waals surface area contributed by atoms with Gasteiger partial charge in [-0.2, -0.15) is 4.98 Å². The molecule has 0 unspecified atom stereocenters. The lowest BCUT2D eigenvalue weighted by Crippen LogP contribution is -2.10. The first-order valence-corrected chi connectivity index (χ1v) is 6.66. The highest BCUT2D eigenvalue weighted by Crippen LogP contribution is 2.19. The largest absolute Gasteiger partial charge is 0.383 e. The first-order valence-electron chi connectivity index (χ1n) is 6.28. The van der Waals surface area contributed by atoms with Crippen molar-refractivity contribution in [3.05, 3.63) is 41.0 Å². The summed E-state index contributed by atoms with van der Waals surface area (Å²) >= 11 is 5.95. The van der Waals surface area contributed by atoms with Gasteiger partial charge < -0.3 is 15.4 Å². The Balaban J connectivity index is 2.11. The third-order valence-corrected chi connectivity index (χ3v) is 2.78. The molecule has 1 aromatic heterocycles. The van der Waals surface area contributed by atoms with E-state index in [1.807, 2.05) is 37.3 Å². The Kier molecular flexibility index (Phi) is 5.15. The van der Waals surface area contributed by atoms with Gasteiger partial charge in [-0.3, -0.25) is 0 Å². The maximum Gasteiger partial charge on any atom is 0.229 e. The number of halogens is 1. The van der Waals surface area contributed by atoms with Gasteiger partial charge in [0.05, 0.1) is 6.61 Å². The van der Waals surface area contributed by atoms with E-state index in [1.165, 1.54) is 0 Å². The van der Waals surface area contributed by atoms with E-state index in [1.54, 1.807) is 7.11 Å². The second kappa shape index (κ2) is 7.07. The normalized spacial score (nSPS) is 10.3. The van der Waals surface area contributed by atoms with E-state index < -0.39 is 0 Å². The molecule has 0 fully saturated rings. The zero-order valence-corrected chi connectivity index (χ0v) is 12.2. The summed E-state index contributed by atoms with van der Waals surface area (Å²) in [6, 6.07) is 9.32. The van der Waals surface area contributed by atoms with Crippen LogP contribution in [-0.2, 0) is 4.74 Å². The number of nitrogens with zero attached hydrogens (tertiary/aromatic N) is 2. The Bertz CT molecular complexity index is 577. The zero-order valence-electron chi connectivity index (χ0n) is 11.5. The average molecular weight is 293 g/mol. The smallest absolute Gasteiger partial charge is 0.229 e. The third-order valence-electron chi connectivity index (χ3n) is 2.55. The topological polar surface area (TPSA) is 59.1 Å². The Morgan fingerprint density at radius 2 is 2.10 bits per heavy atom. The predicted molar refractivity (Wildman–Crippen MR) is 81.9 cm³/mol. The maximum absolute atomic E-state index is 5.95. The molecule has 0 saturated heterocycles. The fraction of sp³-hybridized carbons (Fsp3) is 0.286. The molecule has 0 atom stereocenters. The summed E-state index contributed by atoms with van der Waals surface area (Å²) in [6.07, 6.45) is 0. The Labute approximate surface area is 123 Å². The fourth-order valence-electron chi connectivity index (χ4n) is 1.69. The molecular formula is C14H17ClN4O. The van der Waals surface area contributed by atoms with Crippen LogP contribution in [-0.4, -0.2) is 30.2 Å². The van der Waals surface area contributed by atoms with Crippen LogP contribution in [0, 0.1) is 6.92 Å². The Morgan fingerprint density at radius 3 is 2.85 bits per heavy atom. The molecule has 5 nitrogen and oxygen atoms in total. The van der Waals surface area contributed by atoms with E-state index in [2.05, 4.69) is 20.6 Å². The quantitative estimate of drug-likeness (QED) is 0.801. The second-order valence-electron chi connectivity index (χ2n) is 4.27. The van der Waals surface area contributed by atoms with E-state index in [-0.39, 0.29) is 0 Å². The highest BCUT2D eigenvalue weighted by molar-refractivity contribution is 6.30. The lowest BCUT2D eigenvalue weighted by atomic mass is 10.3. The molecule has 106 valence electrons. The van der Waals surface area contributed by atoms with E-state index in [0.29, 0.717) is 24.1 Å². The molecule has 2 rings (SSSR count). The molecule has 0 amide bonds. The lowest BCUT2D eigenvalue weighted by Gasteiger charge is -2.09. The van der Waals surface area contributed by atoms with Crippen molar-refractivity contribution in [3.63, 3.8) is 0 Å². The molecule has 0 aliphatic rings. The zero-order chi connectivity index (χ0) is 14.4. The van der Waals surface area contributed by atoms with Gasteiger partial charge in [0.25, 0.3) is 0 Å². The monoisotopic (exact) mass is 292 g/mol. The minimum Gasteiger partial charge on any atom is -0.383 e.